The molecule has 158 valence electrons. The third-order valence-corrected chi connectivity index (χ3v) is 6.56. The van der Waals surface area contributed by atoms with Gasteiger partial charge in [0.1, 0.15) is 0 Å². The molecule has 0 amide bonds. The van der Waals surface area contributed by atoms with E-state index in [4.69, 9.17) is 4.74 Å². The van der Waals surface area contributed by atoms with E-state index < -0.39 is 5.72 Å². The highest BCUT2D eigenvalue weighted by Gasteiger charge is 2.52. The number of aliphatic hydroxyl groups is 1. The van der Waals surface area contributed by atoms with Crippen LogP contribution in [0.4, 0.5) is 5.69 Å². The normalized spacial score (nSPS) is 21.0. The smallest absolute Gasteiger partial charge is 0.271 e. The predicted octanol–water partition coefficient (Wildman–Crippen LogP) is 5.01. The zero-order chi connectivity index (χ0) is 21.3. The topological polar surface area (TPSA) is 35.7 Å². The lowest BCUT2D eigenvalue weighted by Gasteiger charge is -2.24. The first-order valence-electron chi connectivity index (χ1n) is 11.1. The average molecular weight is 414 g/mol. The molecule has 3 aromatic carbocycles. The first kappa shape index (κ1) is 19.8. The Labute approximate surface area is 184 Å². The minimum atomic E-state index is -1.06. The molecule has 0 unspecified atom stereocenters. The van der Waals surface area contributed by atoms with Gasteiger partial charge in [0.2, 0.25) is 0 Å². The fraction of sp³-hybridized carbons (Fsp3) is 0.296. The summed E-state index contributed by atoms with van der Waals surface area (Å²) in [5.74, 6) is 2.03. The summed E-state index contributed by atoms with van der Waals surface area (Å²) >= 11 is 0. The zero-order valence-electron chi connectivity index (χ0n) is 18.0. The highest BCUT2D eigenvalue weighted by molar-refractivity contribution is 5.97. The van der Waals surface area contributed by atoms with Crippen molar-refractivity contribution < 1.29 is 14.4 Å². The summed E-state index contributed by atoms with van der Waals surface area (Å²) in [5.41, 5.74) is 3.24. The van der Waals surface area contributed by atoms with Gasteiger partial charge in [-0.15, -0.1) is 0 Å². The lowest BCUT2D eigenvalue weighted by molar-refractivity contribution is -0.658. The van der Waals surface area contributed by atoms with Crippen LogP contribution in [-0.2, 0) is 5.72 Å². The molecule has 2 aliphatic heterocycles. The number of hydrogen-bond donors (Lipinski definition) is 1. The molecular weight excluding hydrogens is 384 g/mol. The second-order valence-corrected chi connectivity index (χ2v) is 8.40. The Kier molecular flexibility index (Phi) is 5.24. The third kappa shape index (κ3) is 3.51. The molecule has 2 heterocycles. The van der Waals surface area contributed by atoms with Crippen molar-refractivity contribution in [3.8, 4) is 16.9 Å². The fourth-order valence-corrected chi connectivity index (χ4v) is 4.95. The Bertz CT molecular complexity index is 1090. The maximum Gasteiger partial charge on any atom is 0.271 e. The Balaban J connectivity index is 1.56. The molecule has 1 N–H and O–H groups in total. The molecule has 1 atom stereocenters. The van der Waals surface area contributed by atoms with Gasteiger partial charge in [-0.3, -0.25) is 0 Å². The minimum absolute atomic E-state index is 0.493. The molecule has 0 fully saturated rings. The van der Waals surface area contributed by atoms with Gasteiger partial charge in [0, 0.05) is 12.0 Å². The first-order valence-corrected chi connectivity index (χ1v) is 11.1. The highest BCUT2D eigenvalue weighted by atomic mass is 16.5. The van der Waals surface area contributed by atoms with Gasteiger partial charge in [0.25, 0.3) is 11.6 Å². The molecule has 0 aliphatic carbocycles. The minimum Gasteiger partial charge on any atom is -0.492 e. The van der Waals surface area contributed by atoms with E-state index in [0.717, 1.165) is 48.4 Å². The second-order valence-electron chi connectivity index (χ2n) is 8.40. The van der Waals surface area contributed by atoms with Gasteiger partial charge >= 0.3 is 0 Å². The third-order valence-electron chi connectivity index (χ3n) is 6.56. The molecule has 3 aromatic rings. The van der Waals surface area contributed by atoms with Gasteiger partial charge in [0.05, 0.1) is 13.7 Å². The lowest BCUT2D eigenvalue weighted by Crippen LogP contribution is -2.41. The van der Waals surface area contributed by atoms with Gasteiger partial charge < -0.3 is 9.84 Å². The van der Waals surface area contributed by atoms with Crippen LogP contribution in [0.3, 0.4) is 0 Å². The number of benzene rings is 3. The summed E-state index contributed by atoms with van der Waals surface area (Å²) in [6, 6.07) is 26.9. The molecule has 0 bridgehead atoms. The van der Waals surface area contributed by atoms with Crippen LogP contribution in [0.15, 0.2) is 78.9 Å². The summed E-state index contributed by atoms with van der Waals surface area (Å²) in [4.78, 5) is 2.26. The van der Waals surface area contributed by atoms with E-state index in [9.17, 15) is 5.11 Å². The number of methoxy groups -OCH3 is 1. The lowest BCUT2D eigenvalue weighted by atomic mass is 9.98. The van der Waals surface area contributed by atoms with Crippen molar-refractivity contribution in [2.24, 2.45) is 0 Å². The van der Waals surface area contributed by atoms with Gasteiger partial charge in [-0.2, -0.15) is 0 Å². The molecule has 0 saturated carbocycles. The molecule has 5 rings (SSSR count). The van der Waals surface area contributed by atoms with E-state index >= 15 is 0 Å². The molecule has 0 spiro atoms. The van der Waals surface area contributed by atoms with Crippen molar-refractivity contribution in [2.45, 2.75) is 31.4 Å². The largest absolute Gasteiger partial charge is 0.492 e. The molecule has 31 heavy (non-hydrogen) atoms. The molecular formula is C27H29N2O2+. The van der Waals surface area contributed by atoms with Crippen LogP contribution >= 0.6 is 0 Å². The van der Waals surface area contributed by atoms with Crippen LogP contribution in [0.2, 0.25) is 0 Å². The molecule has 0 saturated heterocycles. The summed E-state index contributed by atoms with van der Waals surface area (Å²) in [5, 5.41) is 12.1. The van der Waals surface area contributed by atoms with Crippen LogP contribution in [0.5, 0.6) is 5.75 Å². The van der Waals surface area contributed by atoms with Crippen molar-refractivity contribution in [2.75, 3.05) is 25.1 Å². The van der Waals surface area contributed by atoms with Crippen LogP contribution in [0, 0.1) is 0 Å². The highest BCUT2D eigenvalue weighted by Crippen LogP contribution is 2.39. The summed E-state index contributed by atoms with van der Waals surface area (Å²) in [6.07, 6.45) is 4.37. The maximum absolute atomic E-state index is 12.1. The summed E-state index contributed by atoms with van der Waals surface area (Å²) in [6.45, 7) is 1.35. The molecule has 4 heteroatoms. The number of β-amino-alcohol motifs (C(OH)–C–C–N with tert-alkyl or cyclic N) is 1. The molecule has 2 aliphatic rings. The molecule has 0 aromatic heterocycles. The maximum atomic E-state index is 12.1. The number of nitrogens with zero attached hydrogens (tertiary/aromatic N) is 2. The van der Waals surface area contributed by atoms with Crippen LogP contribution in [0.25, 0.3) is 11.1 Å². The van der Waals surface area contributed by atoms with Crippen molar-refractivity contribution in [1.82, 2.24) is 0 Å². The number of amidine groups is 1. The summed E-state index contributed by atoms with van der Waals surface area (Å²) < 4.78 is 7.88. The van der Waals surface area contributed by atoms with E-state index in [0.29, 0.717) is 6.54 Å². The fourth-order valence-electron chi connectivity index (χ4n) is 4.95. The van der Waals surface area contributed by atoms with E-state index in [1.165, 1.54) is 17.8 Å². The van der Waals surface area contributed by atoms with Gasteiger partial charge in [0.15, 0.2) is 18.0 Å². The number of rotatable bonds is 4. The Morgan fingerprint density at radius 3 is 2.32 bits per heavy atom. The standard InChI is InChI=1S/C27H29N2O2/c1-31-25-13-8-7-12-24(25)28-20-27(30,29-19-9-3-6-14-26(28)29)23-17-15-22(16-18-23)21-10-4-2-5-11-21/h2,4-5,7-8,10-13,15-18,30H,3,6,9,14,19-20H2,1H3/q+1/t27-/m1/s1. The van der Waals surface area contributed by atoms with Crippen LogP contribution < -0.4 is 9.64 Å². The van der Waals surface area contributed by atoms with Crippen LogP contribution in [0.1, 0.15) is 31.2 Å². The molecule has 0 radical (unpaired) electrons. The second kappa shape index (κ2) is 8.20. The Hall–Kier alpha value is -3.11. The number of hydrogen-bond acceptors (Lipinski definition) is 3. The number of para-hydroxylation sites is 2. The van der Waals surface area contributed by atoms with E-state index in [1.54, 1.807) is 7.11 Å². The monoisotopic (exact) mass is 413 g/mol. The average Bonchev–Trinajstić information content (AvgIpc) is 2.97. The molecule has 4 nitrogen and oxygen atoms in total. The number of anilines is 1. The predicted molar refractivity (Wildman–Crippen MR) is 125 cm³/mol. The van der Waals surface area contributed by atoms with E-state index in [-0.39, 0.29) is 0 Å². The quantitative estimate of drug-likeness (QED) is 0.611. The Morgan fingerprint density at radius 2 is 1.55 bits per heavy atom. The first-order chi connectivity index (χ1) is 15.2. The van der Waals surface area contributed by atoms with E-state index in [2.05, 4.69) is 64.1 Å². The van der Waals surface area contributed by atoms with Crippen molar-refractivity contribution in [3.63, 3.8) is 0 Å². The van der Waals surface area contributed by atoms with Crippen molar-refractivity contribution >= 4 is 11.5 Å². The van der Waals surface area contributed by atoms with E-state index in [1.807, 2.05) is 24.3 Å². The van der Waals surface area contributed by atoms with Gasteiger partial charge in [-0.1, -0.05) is 66.7 Å². The van der Waals surface area contributed by atoms with Gasteiger partial charge in [-0.25, -0.2) is 9.48 Å². The summed E-state index contributed by atoms with van der Waals surface area (Å²) in [7, 11) is 1.71. The zero-order valence-corrected chi connectivity index (χ0v) is 18.0. The van der Waals surface area contributed by atoms with Crippen LogP contribution in [-0.4, -0.2) is 35.7 Å². The van der Waals surface area contributed by atoms with Crippen molar-refractivity contribution in [3.05, 3.63) is 84.4 Å². The SMILES string of the molecule is COc1ccccc1N1C[C@@](O)(c2ccc(-c3ccccc3)cc2)[N+]2=C1CCCCC2. The van der Waals surface area contributed by atoms with Crippen molar-refractivity contribution in [1.29, 1.82) is 0 Å². The number of ether oxygens (including phenoxy) is 1. The van der Waals surface area contributed by atoms with Gasteiger partial charge in [-0.05, 0) is 42.5 Å². The Morgan fingerprint density at radius 1 is 0.839 bits per heavy atom.